The summed E-state index contributed by atoms with van der Waals surface area (Å²) in [5.41, 5.74) is 2.09. The summed E-state index contributed by atoms with van der Waals surface area (Å²) in [5, 5.41) is 5.30. The third-order valence-electron chi connectivity index (χ3n) is 3.99. The van der Waals surface area contributed by atoms with Crippen molar-refractivity contribution in [3.8, 4) is 0 Å². The first-order chi connectivity index (χ1) is 10.2. The Balaban J connectivity index is 1.97. The van der Waals surface area contributed by atoms with Crippen LogP contribution in [0.25, 0.3) is 41.2 Å². The van der Waals surface area contributed by atoms with Gasteiger partial charge in [0.25, 0.3) is 0 Å². The van der Waals surface area contributed by atoms with Crippen LogP contribution in [-0.4, -0.2) is 29.0 Å². The number of rotatable bonds is 0. The van der Waals surface area contributed by atoms with Crippen LogP contribution >= 0.6 is 0 Å². The third kappa shape index (κ3) is 1.76. The molecule has 0 saturated carbocycles. The summed E-state index contributed by atoms with van der Waals surface area (Å²) >= 11 is 0.959. The molecule has 21 heavy (non-hydrogen) atoms. The van der Waals surface area contributed by atoms with Crippen LogP contribution in [0.3, 0.4) is 0 Å². The van der Waals surface area contributed by atoms with Gasteiger partial charge >= 0.3 is 134 Å². The first-order valence-corrected chi connectivity index (χ1v) is 10.4. The number of aryl methyl sites for hydroxylation is 2. The zero-order valence-electron chi connectivity index (χ0n) is 11.7. The average Bonchev–Trinajstić information content (AvgIpc) is 3.05. The first-order valence-electron chi connectivity index (χ1n) is 6.94. The summed E-state index contributed by atoms with van der Waals surface area (Å²) in [6.07, 6.45) is 0. The van der Waals surface area contributed by atoms with Gasteiger partial charge in [-0.05, 0) is 0 Å². The van der Waals surface area contributed by atoms with Crippen molar-refractivity contribution in [1.82, 2.24) is 0 Å². The minimum absolute atomic E-state index is 0.479. The summed E-state index contributed by atoms with van der Waals surface area (Å²) < 4.78 is 12.1. The Morgan fingerprint density at radius 3 is 1.62 bits per heavy atom. The van der Waals surface area contributed by atoms with Crippen molar-refractivity contribution in [2.24, 2.45) is 0 Å². The van der Waals surface area contributed by atoms with Crippen molar-refractivity contribution in [2.45, 2.75) is 13.8 Å². The van der Waals surface area contributed by atoms with Gasteiger partial charge in [-0.15, -0.1) is 0 Å². The molecule has 0 bridgehead atoms. The number of benzene rings is 2. The fraction of sp³-hybridized carbons (Fsp3) is 0.111. The summed E-state index contributed by atoms with van der Waals surface area (Å²) in [5.74, 6) is 0. The molecule has 0 unspecified atom stereocenters. The molecule has 0 atom stereocenters. The Morgan fingerprint density at radius 2 is 1.14 bits per heavy atom. The topological polar surface area (TPSA) is 13.1 Å². The molecule has 0 radical (unpaired) electrons. The van der Waals surface area contributed by atoms with Crippen molar-refractivity contribution in [2.75, 3.05) is 0 Å². The molecule has 3 heterocycles. The van der Waals surface area contributed by atoms with Gasteiger partial charge in [0.05, 0.1) is 0 Å². The fourth-order valence-electron chi connectivity index (χ4n) is 3.11. The SMILES string of the molecule is Cc1cc2cc3c(cc2[se]1)oc1cc2[se]c(C)cc2cc13. The Hall–Kier alpha value is -1.24. The van der Waals surface area contributed by atoms with Crippen molar-refractivity contribution in [3.63, 3.8) is 0 Å². The van der Waals surface area contributed by atoms with Crippen LogP contribution in [0.5, 0.6) is 0 Å². The second kappa shape index (κ2) is 4.15. The van der Waals surface area contributed by atoms with Gasteiger partial charge in [0.15, 0.2) is 0 Å². The van der Waals surface area contributed by atoms with Crippen LogP contribution in [0.4, 0.5) is 0 Å². The summed E-state index contributed by atoms with van der Waals surface area (Å²) in [6, 6.07) is 13.8. The van der Waals surface area contributed by atoms with Crippen LogP contribution in [0, 0.1) is 13.8 Å². The first kappa shape index (κ1) is 12.3. The van der Waals surface area contributed by atoms with Gasteiger partial charge in [0, 0.05) is 0 Å². The molecule has 0 aliphatic rings. The Bertz CT molecular complexity index is 1060. The Labute approximate surface area is 133 Å². The predicted octanol–water partition coefficient (Wildman–Crippen LogP) is 4.62. The summed E-state index contributed by atoms with van der Waals surface area (Å²) in [6.45, 7) is 4.45. The molecule has 0 amide bonds. The molecule has 2 aromatic carbocycles. The number of hydrogen-bond donors (Lipinski definition) is 0. The summed E-state index contributed by atoms with van der Waals surface area (Å²) in [4.78, 5) is 0. The molecular weight excluding hydrogens is 390 g/mol. The van der Waals surface area contributed by atoms with E-state index in [0.717, 1.165) is 11.2 Å². The molecule has 5 rings (SSSR count). The normalized spacial score (nSPS) is 12.3. The van der Waals surface area contributed by atoms with Crippen LogP contribution in [-0.2, 0) is 0 Å². The second-order valence-electron chi connectivity index (χ2n) is 5.59. The van der Waals surface area contributed by atoms with Gasteiger partial charge in [-0.2, -0.15) is 0 Å². The standard InChI is InChI=1S/C18H12OSe2/c1-9-3-11-5-13-14-6-12-4-10(2)21-18(12)8-16(14)19-15(13)7-17(11)20-9/h3-8H,1-2H3. The van der Waals surface area contributed by atoms with Gasteiger partial charge in [-0.3, -0.25) is 0 Å². The molecule has 102 valence electrons. The van der Waals surface area contributed by atoms with Crippen molar-refractivity contribution in [1.29, 1.82) is 0 Å². The van der Waals surface area contributed by atoms with E-state index >= 15 is 0 Å². The van der Waals surface area contributed by atoms with E-state index in [4.69, 9.17) is 4.42 Å². The van der Waals surface area contributed by atoms with Gasteiger partial charge in [0.1, 0.15) is 0 Å². The predicted molar refractivity (Wildman–Crippen MR) is 92.1 cm³/mol. The van der Waals surface area contributed by atoms with E-state index in [1.54, 1.807) is 0 Å². The van der Waals surface area contributed by atoms with Crippen LogP contribution in [0.1, 0.15) is 8.87 Å². The van der Waals surface area contributed by atoms with Gasteiger partial charge in [0.2, 0.25) is 0 Å². The Morgan fingerprint density at radius 1 is 0.667 bits per heavy atom. The molecule has 0 aliphatic carbocycles. The van der Waals surface area contributed by atoms with E-state index in [1.807, 2.05) is 0 Å². The van der Waals surface area contributed by atoms with Crippen LogP contribution in [0.2, 0.25) is 0 Å². The minimum atomic E-state index is 0.479. The maximum atomic E-state index is 6.15. The quantitative estimate of drug-likeness (QED) is 0.345. The average molecular weight is 402 g/mol. The Kier molecular flexibility index (Phi) is 2.43. The zero-order valence-corrected chi connectivity index (χ0v) is 15.1. The van der Waals surface area contributed by atoms with Gasteiger partial charge in [-0.25, -0.2) is 0 Å². The molecule has 3 aromatic heterocycles. The van der Waals surface area contributed by atoms with Crippen LogP contribution < -0.4 is 0 Å². The van der Waals surface area contributed by atoms with E-state index in [2.05, 4.69) is 50.2 Å². The molecule has 5 aromatic rings. The second-order valence-corrected chi connectivity index (χ2v) is 11.0. The zero-order chi connectivity index (χ0) is 14.1. The fourth-order valence-corrected chi connectivity index (χ4v) is 7.03. The molecule has 0 fully saturated rings. The van der Waals surface area contributed by atoms with Crippen molar-refractivity contribution >= 4 is 70.2 Å². The number of furan rings is 1. The van der Waals surface area contributed by atoms with Gasteiger partial charge in [-0.1, -0.05) is 0 Å². The van der Waals surface area contributed by atoms with E-state index in [1.165, 1.54) is 38.9 Å². The maximum absolute atomic E-state index is 6.15. The van der Waals surface area contributed by atoms with Crippen LogP contribution in [0.15, 0.2) is 40.8 Å². The van der Waals surface area contributed by atoms with E-state index < -0.39 is 0 Å². The molecule has 0 spiro atoms. The molecular formula is C18H12OSe2. The molecule has 0 N–H and O–H groups in total. The van der Waals surface area contributed by atoms with Crippen molar-refractivity contribution in [3.05, 3.63) is 45.3 Å². The number of fused-ring (bicyclic) bond motifs is 5. The number of hydrogen-bond acceptors (Lipinski definition) is 1. The van der Waals surface area contributed by atoms with E-state index in [-0.39, 0.29) is 0 Å². The monoisotopic (exact) mass is 404 g/mol. The van der Waals surface area contributed by atoms with Gasteiger partial charge < -0.3 is 0 Å². The molecule has 0 saturated heterocycles. The third-order valence-corrected chi connectivity index (χ3v) is 8.25. The molecule has 0 aliphatic heterocycles. The molecule has 3 heteroatoms. The summed E-state index contributed by atoms with van der Waals surface area (Å²) in [7, 11) is 0. The molecule has 1 nitrogen and oxygen atoms in total. The van der Waals surface area contributed by atoms with E-state index in [9.17, 15) is 0 Å². The van der Waals surface area contributed by atoms with E-state index in [0.29, 0.717) is 29.0 Å². The van der Waals surface area contributed by atoms with Crippen molar-refractivity contribution < 1.29 is 4.42 Å².